The maximum Gasteiger partial charge on any atom is 0.259 e. The van der Waals surface area contributed by atoms with Crippen LogP contribution in [0, 0.1) is 35.5 Å². The predicted molar refractivity (Wildman–Crippen MR) is 132 cm³/mol. The summed E-state index contributed by atoms with van der Waals surface area (Å²) in [5, 5.41) is 0.594. The molecule has 7 rings (SSSR count). The second-order valence-electron chi connectivity index (χ2n) is 9.69. The van der Waals surface area contributed by atoms with Gasteiger partial charge in [0.15, 0.2) is 0 Å². The van der Waals surface area contributed by atoms with Crippen LogP contribution in [-0.4, -0.2) is 35.9 Å². The van der Waals surface area contributed by atoms with Gasteiger partial charge in [-0.1, -0.05) is 35.4 Å². The number of hydrogen-bond acceptors (Lipinski definition) is 4. The van der Waals surface area contributed by atoms with Gasteiger partial charge < -0.3 is 4.74 Å². The Hall–Kier alpha value is -2.83. The molecule has 0 spiro atoms. The summed E-state index contributed by atoms with van der Waals surface area (Å²) in [6.07, 6.45) is 5.38. The molecule has 8 heteroatoms. The molecule has 2 aromatic rings. The molecule has 3 fully saturated rings. The molecule has 6 unspecified atom stereocenters. The van der Waals surface area contributed by atoms with E-state index in [9.17, 15) is 14.4 Å². The smallest absolute Gasteiger partial charge is 0.259 e. The number of likely N-dealkylation sites (tertiary alicyclic amines) is 1. The number of hydrogen-bond donors (Lipinski definition) is 0. The van der Waals surface area contributed by atoms with Gasteiger partial charge in [0.2, 0.25) is 11.8 Å². The van der Waals surface area contributed by atoms with Crippen molar-refractivity contribution in [3.63, 3.8) is 0 Å². The lowest BCUT2D eigenvalue weighted by Gasteiger charge is -2.37. The number of allylic oxidation sites excluding steroid dienone is 2. The molecule has 4 aliphatic carbocycles. The summed E-state index contributed by atoms with van der Waals surface area (Å²) >= 11 is 12.2. The number of nitrogens with zero attached hydrogens (tertiary/aromatic N) is 2. The fraction of sp³-hybridized carbons (Fsp3) is 0.370. The van der Waals surface area contributed by atoms with Gasteiger partial charge in [-0.15, -0.1) is 0 Å². The summed E-state index contributed by atoms with van der Waals surface area (Å²) in [6, 6.07) is 11.7. The molecule has 35 heavy (non-hydrogen) atoms. The van der Waals surface area contributed by atoms with Gasteiger partial charge >= 0.3 is 0 Å². The van der Waals surface area contributed by atoms with Crippen LogP contribution in [0.2, 0.25) is 10.0 Å². The number of carbonyl (C=O) groups is 3. The molecule has 1 heterocycles. The Kier molecular flexibility index (Phi) is 5.42. The van der Waals surface area contributed by atoms with Crippen LogP contribution in [0.4, 0.5) is 5.69 Å². The highest BCUT2D eigenvalue weighted by molar-refractivity contribution is 6.42. The number of anilines is 1. The maximum atomic E-state index is 13.7. The van der Waals surface area contributed by atoms with E-state index in [1.165, 1.54) is 15.9 Å². The van der Waals surface area contributed by atoms with Crippen LogP contribution >= 0.6 is 23.2 Å². The molecule has 0 radical (unpaired) electrons. The average molecular weight is 511 g/mol. The van der Waals surface area contributed by atoms with Crippen molar-refractivity contribution < 1.29 is 19.1 Å². The van der Waals surface area contributed by atoms with Gasteiger partial charge in [-0.05, 0) is 79.5 Å². The van der Waals surface area contributed by atoms with E-state index in [4.69, 9.17) is 27.9 Å². The zero-order chi connectivity index (χ0) is 24.4. The maximum absolute atomic E-state index is 13.7. The largest absolute Gasteiger partial charge is 0.494 e. The van der Waals surface area contributed by atoms with Crippen LogP contribution in [0.3, 0.4) is 0 Å². The molecule has 1 aliphatic heterocycles. The van der Waals surface area contributed by atoms with Crippen LogP contribution in [-0.2, 0) is 9.59 Å². The van der Waals surface area contributed by atoms with E-state index in [2.05, 4.69) is 12.2 Å². The van der Waals surface area contributed by atoms with Crippen LogP contribution in [0.25, 0.3) is 0 Å². The lowest BCUT2D eigenvalue weighted by molar-refractivity contribution is -0.140. The van der Waals surface area contributed by atoms with Crippen molar-refractivity contribution >= 4 is 46.6 Å². The first kappa shape index (κ1) is 22.6. The Morgan fingerprint density at radius 3 is 2.17 bits per heavy atom. The van der Waals surface area contributed by atoms with Crippen LogP contribution < -0.4 is 9.64 Å². The van der Waals surface area contributed by atoms with E-state index < -0.39 is 0 Å². The predicted octanol–water partition coefficient (Wildman–Crippen LogP) is 5.05. The molecule has 6 atom stereocenters. The third-order valence-corrected chi connectivity index (χ3v) is 8.65. The van der Waals surface area contributed by atoms with E-state index >= 15 is 0 Å². The number of ether oxygens (including phenoxy) is 1. The minimum Gasteiger partial charge on any atom is -0.494 e. The fourth-order valence-corrected chi connectivity index (χ4v) is 6.53. The summed E-state index contributed by atoms with van der Waals surface area (Å²) in [5.74, 6) is 0.581. The lowest BCUT2D eigenvalue weighted by Crippen LogP contribution is -2.45. The van der Waals surface area contributed by atoms with Gasteiger partial charge in [0.05, 0.1) is 28.5 Å². The number of amides is 3. The molecule has 180 valence electrons. The second kappa shape index (κ2) is 8.38. The molecule has 2 saturated carbocycles. The molecule has 0 aromatic heterocycles. The highest BCUT2D eigenvalue weighted by Gasteiger charge is 2.67. The Morgan fingerprint density at radius 2 is 1.60 bits per heavy atom. The summed E-state index contributed by atoms with van der Waals surface area (Å²) in [5.41, 5.74) is 0.858. The van der Waals surface area contributed by atoms with E-state index in [1.54, 1.807) is 36.4 Å². The molecule has 0 N–H and O–H groups in total. The molecular formula is C27H24Cl2N2O4. The van der Waals surface area contributed by atoms with Crippen LogP contribution in [0.1, 0.15) is 23.7 Å². The Bertz CT molecular complexity index is 1220. The van der Waals surface area contributed by atoms with Gasteiger partial charge in [0.1, 0.15) is 12.4 Å². The van der Waals surface area contributed by atoms with Gasteiger partial charge in [-0.3, -0.25) is 24.2 Å². The SMILES string of the molecule is CCOc1ccc(N(CN2C(=O)C3C4C=CC(C5CC45)C3C2=O)C(=O)c2ccc(Cl)c(Cl)c2)cc1. The topological polar surface area (TPSA) is 66.9 Å². The summed E-state index contributed by atoms with van der Waals surface area (Å²) in [4.78, 5) is 43.5. The molecule has 2 aromatic carbocycles. The molecule has 1 saturated heterocycles. The number of imide groups is 1. The van der Waals surface area contributed by atoms with Crippen molar-refractivity contribution in [3.8, 4) is 5.75 Å². The van der Waals surface area contributed by atoms with Crippen molar-refractivity contribution in [1.82, 2.24) is 4.90 Å². The third-order valence-electron chi connectivity index (χ3n) is 7.91. The standard InChI is InChI=1S/C27H24Cl2N2O4/c1-2-35-16-6-4-15(5-7-16)30(25(32)14-3-10-21(28)22(29)11-14)13-31-26(33)23-17-8-9-18(20-12-19(17)20)24(23)27(31)34/h3-11,17-20,23-24H,2,12-13H2,1H3. The molecule has 6 nitrogen and oxygen atoms in total. The molecule has 5 aliphatic rings. The first-order valence-electron chi connectivity index (χ1n) is 11.9. The number of carbonyl (C=O) groups excluding carboxylic acids is 3. The number of halogens is 2. The number of benzene rings is 2. The Morgan fingerprint density at radius 1 is 0.971 bits per heavy atom. The van der Waals surface area contributed by atoms with Crippen LogP contribution in [0.15, 0.2) is 54.6 Å². The highest BCUT2D eigenvalue weighted by atomic mass is 35.5. The quantitative estimate of drug-likeness (QED) is 0.402. The Labute approximate surface area is 213 Å². The minimum absolute atomic E-state index is 0.126. The molecule has 3 amide bonds. The summed E-state index contributed by atoms with van der Waals surface area (Å²) in [7, 11) is 0. The van der Waals surface area contributed by atoms with Crippen molar-refractivity contribution in [3.05, 3.63) is 70.2 Å². The van der Waals surface area contributed by atoms with E-state index in [1.807, 2.05) is 6.92 Å². The summed E-state index contributed by atoms with van der Waals surface area (Å²) < 4.78 is 5.53. The van der Waals surface area contributed by atoms with Gasteiger partial charge in [0, 0.05) is 11.3 Å². The summed E-state index contributed by atoms with van der Waals surface area (Å²) in [6.45, 7) is 2.25. The third kappa shape index (κ3) is 3.57. The minimum atomic E-state index is -0.382. The monoisotopic (exact) mass is 510 g/mol. The second-order valence-corrected chi connectivity index (χ2v) is 10.5. The first-order valence-corrected chi connectivity index (χ1v) is 12.7. The zero-order valence-corrected chi connectivity index (χ0v) is 20.6. The van der Waals surface area contributed by atoms with Gasteiger partial charge in [-0.2, -0.15) is 0 Å². The zero-order valence-electron chi connectivity index (χ0n) is 19.1. The van der Waals surface area contributed by atoms with Crippen molar-refractivity contribution in [2.45, 2.75) is 13.3 Å². The number of rotatable bonds is 6. The average Bonchev–Trinajstić information content (AvgIpc) is 3.65. The van der Waals surface area contributed by atoms with Gasteiger partial charge in [-0.25, -0.2) is 0 Å². The van der Waals surface area contributed by atoms with Crippen molar-refractivity contribution in [2.24, 2.45) is 35.5 Å². The van der Waals surface area contributed by atoms with Crippen molar-refractivity contribution in [2.75, 3.05) is 18.2 Å². The highest BCUT2D eigenvalue weighted by Crippen LogP contribution is 2.65. The Balaban J connectivity index is 1.33. The lowest BCUT2D eigenvalue weighted by atomic mass is 9.63. The molecule has 2 bridgehead atoms. The van der Waals surface area contributed by atoms with E-state index in [-0.39, 0.29) is 53.1 Å². The van der Waals surface area contributed by atoms with Gasteiger partial charge in [0.25, 0.3) is 5.91 Å². The van der Waals surface area contributed by atoms with E-state index in [0.29, 0.717) is 40.5 Å². The molecular weight excluding hydrogens is 487 g/mol. The fourth-order valence-electron chi connectivity index (χ4n) is 6.24. The van der Waals surface area contributed by atoms with Crippen molar-refractivity contribution in [1.29, 1.82) is 0 Å². The van der Waals surface area contributed by atoms with E-state index in [0.717, 1.165) is 6.42 Å². The van der Waals surface area contributed by atoms with Crippen LogP contribution in [0.5, 0.6) is 5.75 Å². The normalized spacial score (nSPS) is 29.7. The first-order chi connectivity index (χ1) is 16.9.